The maximum Gasteiger partial charge on any atom is 0.416 e. The van der Waals surface area contributed by atoms with Crippen LogP contribution >= 0.6 is 0 Å². The van der Waals surface area contributed by atoms with Gasteiger partial charge < -0.3 is 4.74 Å². The van der Waals surface area contributed by atoms with E-state index < -0.39 is 50.1 Å². The maximum atomic E-state index is 14.0. The van der Waals surface area contributed by atoms with E-state index in [-0.39, 0.29) is 31.7 Å². The van der Waals surface area contributed by atoms with E-state index in [1.807, 2.05) is 0 Å². The highest BCUT2D eigenvalue weighted by molar-refractivity contribution is 7.89. The van der Waals surface area contributed by atoms with Gasteiger partial charge in [-0.2, -0.15) is 17.5 Å². The van der Waals surface area contributed by atoms with Crippen LogP contribution < -0.4 is 10.2 Å². The van der Waals surface area contributed by atoms with Crippen molar-refractivity contribution in [3.63, 3.8) is 0 Å². The number of piperidine rings is 1. The predicted molar refractivity (Wildman–Crippen MR) is 99.5 cm³/mol. The Labute approximate surface area is 175 Å². The lowest BCUT2D eigenvalue weighted by molar-refractivity contribution is -0.137. The molecular weight excluding hydrogens is 444 g/mol. The van der Waals surface area contributed by atoms with E-state index in [1.54, 1.807) is 0 Å². The molecule has 2 N–H and O–H groups in total. The minimum absolute atomic E-state index is 0.00959. The third kappa shape index (κ3) is 4.97. The average molecular weight is 462 g/mol. The van der Waals surface area contributed by atoms with Crippen LogP contribution in [0.25, 0.3) is 0 Å². The number of hydroxylamine groups is 1. The molecule has 3 rings (SSSR count). The van der Waals surface area contributed by atoms with Gasteiger partial charge in [-0.25, -0.2) is 18.3 Å². The molecule has 1 fully saturated rings. The van der Waals surface area contributed by atoms with Crippen molar-refractivity contribution < 1.29 is 40.7 Å². The van der Waals surface area contributed by atoms with Crippen LogP contribution in [0.1, 0.15) is 28.8 Å². The molecule has 7 nitrogen and oxygen atoms in total. The summed E-state index contributed by atoms with van der Waals surface area (Å²) < 4.78 is 84.5. The van der Waals surface area contributed by atoms with E-state index in [9.17, 15) is 30.8 Å². The van der Waals surface area contributed by atoms with Crippen molar-refractivity contribution in [2.24, 2.45) is 0 Å². The quantitative estimate of drug-likeness (QED) is 0.404. The largest absolute Gasteiger partial charge is 0.490 e. The second kappa shape index (κ2) is 8.81. The molecule has 1 heterocycles. The number of hydrogen-bond acceptors (Lipinski definition) is 5. The van der Waals surface area contributed by atoms with Crippen LogP contribution in [0.3, 0.4) is 0 Å². The van der Waals surface area contributed by atoms with Gasteiger partial charge in [-0.05, 0) is 49.2 Å². The Bertz CT molecular complexity index is 1050. The predicted octanol–water partition coefficient (Wildman–Crippen LogP) is 3.20. The molecule has 1 aliphatic rings. The van der Waals surface area contributed by atoms with Crippen LogP contribution in [-0.4, -0.2) is 43.0 Å². The molecule has 0 atom stereocenters. The summed E-state index contributed by atoms with van der Waals surface area (Å²) >= 11 is 0. The first kappa shape index (κ1) is 23.0. The molecule has 31 heavy (non-hydrogen) atoms. The highest BCUT2D eigenvalue weighted by atomic mass is 32.2. The average Bonchev–Trinajstić information content (AvgIpc) is 2.73. The smallest absolute Gasteiger partial charge is 0.416 e. The number of halogens is 4. The Kier molecular flexibility index (Phi) is 6.53. The van der Waals surface area contributed by atoms with Crippen LogP contribution in [0.2, 0.25) is 0 Å². The van der Waals surface area contributed by atoms with Crippen molar-refractivity contribution in [1.29, 1.82) is 0 Å². The summed E-state index contributed by atoms with van der Waals surface area (Å²) in [4.78, 5) is 11.2. The summed E-state index contributed by atoms with van der Waals surface area (Å²) in [5.41, 5.74) is -0.372. The molecule has 1 saturated heterocycles. The van der Waals surface area contributed by atoms with E-state index in [0.717, 1.165) is 34.6 Å². The minimum Gasteiger partial charge on any atom is -0.490 e. The number of benzene rings is 2. The summed E-state index contributed by atoms with van der Waals surface area (Å²) in [5.74, 6) is -2.17. The van der Waals surface area contributed by atoms with Crippen molar-refractivity contribution in [3.8, 4) is 5.75 Å². The normalized spacial score (nSPS) is 16.2. The highest BCUT2D eigenvalue weighted by Crippen LogP contribution is 2.31. The van der Waals surface area contributed by atoms with Gasteiger partial charge in [-0.1, -0.05) is 6.07 Å². The number of sulfonamides is 1. The molecule has 2 aromatic rings. The molecule has 0 spiro atoms. The number of ether oxygens (including phenoxy) is 1. The maximum absolute atomic E-state index is 14.0. The molecule has 0 unspecified atom stereocenters. The molecule has 12 heteroatoms. The number of rotatable bonds is 5. The molecule has 2 aromatic carbocycles. The zero-order chi connectivity index (χ0) is 22.8. The topological polar surface area (TPSA) is 95.9 Å². The van der Waals surface area contributed by atoms with Crippen molar-refractivity contribution in [2.75, 3.05) is 13.1 Å². The molecule has 1 amide bonds. The zero-order valence-electron chi connectivity index (χ0n) is 15.9. The molecule has 0 bridgehead atoms. The lowest BCUT2D eigenvalue weighted by Gasteiger charge is -2.31. The summed E-state index contributed by atoms with van der Waals surface area (Å²) in [6.07, 6.45) is -4.43. The number of nitrogens with zero attached hydrogens (tertiary/aromatic N) is 1. The van der Waals surface area contributed by atoms with E-state index in [1.165, 1.54) is 17.6 Å². The van der Waals surface area contributed by atoms with E-state index in [2.05, 4.69) is 0 Å². The molecule has 0 radical (unpaired) electrons. The summed E-state index contributed by atoms with van der Waals surface area (Å²) in [6, 6.07) is 7.27. The zero-order valence-corrected chi connectivity index (χ0v) is 16.7. The van der Waals surface area contributed by atoms with Crippen LogP contribution in [0.15, 0.2) is 47.4 Å². The number of carbonyl (C=O) groups is 1. The Balaban J connectivity index is 1.70. The Morgan fingerprint density at radius 2 is 1.71 bits per heavy atom. The van der Waals surface area contributed by atoms with Gasteiger partial charge in [0.1, 0.15) is 17.7 Å². The number of alkyl halides is 3. The Morgan fingerprint density at radius 1 is 1.10 bits per heavy atom. The first-order chi connectivity index (χ1) is 14.5. The van der Waals surface area contributed by atoms with E-state index in [4.69, 9.17) is 9.94 Å². The number of hydrogen-bond donors (Lipinski definition) is 2. The Hall–Kier alpha value is -2.70. The molecule has 0 aliphatic carbocycles. The van der Waals surface area contributed by atoms with Crippen LogP contribution in [0.4, 0.5) is 17.6 Å². The van der Waals surface area contributed by atoms with E-state index >= 15 is 0 Å². The van der Waals surface area contributed by atoms with Gasteiger partial charge in [0.25, 0.3) is 5.91 Å². The fourth-order valence-corrected chi connectivity index (χ4v) is 4.91. The number of nitrogens with one attached hydrogen (secondary N) is 1. The fraction of sp³-hybridized carbons (Fsp3) is 0.316. The van der Waals surface area contributed by atoms with Gasteiger partial charge in [-0.3, -0.25) is 10.0 Å². The van der Waals surface area contributed by atoms with Gasteiger partial charge in [0, 0.05) is 13.1 Å². The molecule has 0 saturated carbocycles. The second-order valence-electron chi connectivity index (χ2n) is 6.80. The third-order valence-electron chi connectivity index (χ3n) is 4.81. The summed E-state index contributed by atoms with van der Waals surface area (Å²) in [7, 11) is -4.25. The minimum atomic E-state index is -4.46. The van der Waals surface area contributed by atoms with Gasteiger partial charge >= 0.3 is 6.18 Å². The number of amides is 1. The van der Waals surface area contributed by atoms with Gasteiger partial charge in [0.2, 0.25) is 10.0 Å². The fourth-order valence-electron chi connectivity index (χ4n) is 3.24. The Morgan fingerprint density at radius 3 is 2.26 bits per heavy atom. The van der Waals surface area contributed by atoms with Crippen molar-refractivity contribution in [1.82, 2.24) is 9.79 Å². The van der Waals surface area contributed by atoms with Gasteiger partial charge in [0.15, 0.2) is 0 Å². The SMILES string of the molecule is O=C(NO)c1c(F)cccc1S(=O)(=O)N1CCC(Oc2ccc(C(F)(F)F)cc2)CC1. The van der Waals surface area contributed by atoms with Crippen molar-refractivity contribution in [3.05, 3.63) is 59.4 Å². The van der Waals surface area contributed by atoms with Crippen LogP contribution in [0.5, 0.6) is 5.75 Å². The van der Waals surface area contributed by atoms with Crippen molar-refractivity contribution in [2.45, 2.75) is 30.0 Å². The molecule has 168 valence electrons. The molecular formula is C19H18F4N2O5S. The summed E-state index contributed by atoms with van der Waals surface area (Å²) in [6.45, 7) is -0.0192. The van der Waals surface area contributed by atoms with Gasteiger partial charge in [0.05, 0.1) is 16.0 Å². The summed E-state index contributed by atoms with van der Waals surface area (Å²) in [5, 5.41) is 8.80. The third-order valence-corrected chi connectivity index (χ3v) is 6.75. The molecule has 1 aliphatic heterocycles. The number of carbonyl (C=O) groups excluding carboxylic acids is 1. The first-order valence-electron chi connectivity index (χ1n) is 9.11. The van der Waals surface area contributed by atoms with Crippen LogP contribution in [0, 0.1) is 5.82 Å². The standard InChI is InChI=1S/C19H18F4N2O5S/c20-15-2-1-3-16(17(15)18(26)24-27)31(28,29)25-10-8-14(9-11-25)30-13-6-4-12(5-7-13)19(21,22)23/h1-7,14,27H,8-11H2,(H,24,26). The first-order valence-corrected chi connectivity index (χ1v) is 10.5. The molecule has 0 aromatic heterocycles. The van der Waals surface area contributed by atoms with E-state index in [0.29, 0.717) is 0 Å². The second-order valence-corrected chi connectivity index (χ2v) is 8.70. The lowest BCUT2D eigenvalue weighted by Crippen LogP contribution is -2.42. The lowest BCUT2D eigenvalue weighted by atomic mass is 10.1. The highest BCUT2D eigenvalue weighted by Gasteiger charge is 2.34. The van der Waals surface area contributed by atoms with Crippen LogP contribution in [-0.2, 0) is 16.2 Å². The monoisotopic (exact) mass is 462 g/mol. The van der Waals surface area contributed by atoms with Crippen molar-refractivity contribution >= 4 is 15.9 Å². The van der Waals surface area contributed by atoms with Gasteiger partial charge in [-0.15, -0.1) is 0 Å².